The summed E-state index contributed by atoms with van der Waals surface area (Å²) in [4.78, 5) is 10.7. The normalized spacial score (nSPS) is 15.0. The standard InChI is InChI=1S/C9H11F7O3/c1-3-5(2)19-6(17)18-4-7(10,11)8(12,13)9(14,15)16/h5H,3-4H2,1-2H3/t5-/m0/s1. The first kappa shape index (κ1) is 17.8. The number of carbonyl (C=O) groups excluding carboxylic acids is 1. The van der Waals surface area contributed by atoms with E-state index >= 15 is 0 Å². The zero-order chi connectivity index (χ0) is 15.5. The molecule has 0 saturated heterocycles. The molecule has 0 radical (unpaired) electrons. The first-order valence-electron chi connectivity index (χ1n) is 5.01. The summed E-state index contributed by atoms with van der Waals surface area (Å²) in [5.74, 6) is -11.9. The number of halogens is 7. The summed E-state index contributed by atoms with van der Waals surface area (Å²) >= 11 is 0. The molecule has 0 unspecified atom stereocenters. The van der Waals surface area contributed by atoms with Gasteiger partial charge in [-0.3, -0.25) is 0 Å². The molecular formula is C9H11F7O3. The number of alkyl halides is 7. The van der Waals surface area contributed by atoms with Crippen molar-refractivity contribution >= 4 is 6.16 Å². The third-order valence-corrected chi connectivity index (χ3v) is 2.06. The summed E-state index contributed by atoms with van der Waals surface area (Å²) in [6.45, 7) is 0.475. The van der Waals surface area contributed by atoms with Crippen LogP contribution in [-0.4, -0.2) is 36.9 Å². The molecule has 0 spiro atoms. The van der Waals surface area contributed by atoms with Crippen molar-refractivity contribution in [1.29, 1.82) is 0 Å². The fourth-order valence-electron chi connectivity index (χ4n) is 0.729. The second-order valence-corrected chi connectivity index (χ2v) is 3.65. The lowest BCUT2D eigenvalue weighted by Crippen LogP contribution is -2.54. The summed E-state index contributed by atoms with van der Waals surface area (Å²) in [7, 11) is 0. The monoisotopic (exact) mass is 300 g/mol. The molecule has 0 bridgehead atoms. The van der Waals surface area contributed by atoms with Gasteiger partial charge in [0.2, 0.25) is 0 Å². The summed E-state index contributed by atoms with van der Waals surface area (Å²) in [6, 6.07) is 0. The highest BCUT2D eigenvalue weighted by Gasteiger charge is 2.73. The molecule has 0 aliphatic heterocycles. The van der Waals surface area contributed by atoms with Crippen LogP contribution < -0.4 is 0 Å². The van der Waals surface area contributed by atoms with Crippen LogP contribution in [0.25, 0.3) is 0 Å². The number of ether oxygens (including phenoxy) is 2. The fourth-order valence-corrected chi connectivity index (χ4v) is 0.729. The van der Waals surface area contributed by atoms with Gasteiger partial charge in [0.15, 0.2) is 6.61 Å². The Bertz CT molecular complexity index is 313. The Morgan fingerprint density at radius 1 is 1.11 bits per heavy atom. The van der Waals surface area contributed by atoms with Crippen molar-refractivity contribution in [3.8, 4) is 0 Å². The molecular weight excluding hydrogens is 289 g/mol. The molecule has 0 rings (SSSR count). The minimum Gasteiger partial charge on any atom is -0.431 e. The predicted molar refractivity (Wildman–Crippen MR) is 48.1 cm³/mol. The molecule has 0 heterocycles. The van der Waals surface area contributed by atoms with Gasteiger partial charge in [0.1, 0.15) is 6.10 Å². The highest BCUT2D eigenvalue weighted by Crippen LogP contribution is 2.46. The van der Waals surface area contributed by atoms with Gasteiger partial charge < -0.3 is 9.47 Å². The van der Waals surface area contributed by atoms with Crippen molar-refractivity contribution in [3.63, 3.8) is 0 Å². The van der Waals surface area contributed by atoms with Gasteiger partial charge >= 0.3 is 24.2 Å². The van der Waals surface area contributed by atoms with Crippen LogP contribution in [0, 0.1) is 0 Å². The largest absolute Gasteiger partial charge is 0.508 e. The van der Waals surface area contributed by atoms with E-state index in [0.717, 1.165) is 0 Å². The van der Waals surface area contributed by atoms with Crippen LogP contribution in [0.1, 0.15) is 20.3 Å². The molecule has 1 atom stereocenters. The van der Waals surface area contributed by atoms with Crippen LogP contribution in [0.15, 0.2) is 0 Å². The molecule has 10 heteroatoms. The van der Waals surface area contributed by atoms with E-state index in [-0.39, 0.29) is 6.42 Å². The quantitative estimate of drug-likeness (QED) is 0.572. The number of hydrogen-bond donors (Lipinski definition) is 0. The third-order valence-electron chi connectivity index (χ3n) is 2.06. The molecule has 3 nitrogen and oxygen atoms in total. The topological polar surface area (TPSA) is 35.5 Å². The molecule has 0 saturated carbocycles. The maximum absolute atomic E-state index is 12.7. The van der Waals surface area contributed by atoms with Gasteiger partial charge in [0, 0.05) is 0 Å². The molecule has 0 aromatic rings. The Hall–Kier alpha value is -1.22. The SMILES string of the molecule is CC[C@H](C)OC(=O)OCC(F)(F)C(F)(F)C(F)(F)F. The highest BCUT2D eigenvalue weighted by atomic mass is 19.4. The average molecular weight is 300 g/mol. The molecule has 0 aromatic heterocycles. The molecule has 114 valence electrons. The molecule has 0 amide bonds. The Labute approximate surface area is 103 Å². The van der Waals surface area contributed by atoms with E-state index < -0.39 is 36.9 Å². The molecule has 0 aliphatic carbocycles. The zero-order valence-electron chi connectivity index (χ0n) is 9.86. The summed E-state index contributed by atoms with van der Waals surface area (Å²) in [6.07, 6.45) is -8.67. The van der Waals surface area contributed by atoms with Crippen LogP contribution in [0.3, 0.4) is 0 Å². The molecule has 19 heavy (non-hydrogen) atoms. The van der Waals surface area contributed by atoms with Crippen molar-refractivity contribution in [2.45, 2.75) is 44.4 Å². The maximum atomic E-state index is 12.7. The van der Waals surface area contributed by atoms with Gasteiger partial charge in [-0.05, 0) is 13.3 Å². The number of rotatable bonds is 5. The Morgan fingerprint density at radius 3 is 1.95 bits per heavy atom. The number of hydrogen-bond acceptors (Lipinski definition) is 3. The van der Waals surface area contributed by atoms with E-state index in [4.69, 9.17) is 0 Å². The van der Waals surface area contributed by atoms with Crippen LogP contribution in [0.5, 0.6) is 0 Å². The van der Waals surface area contributed by atoms with Crippen LogP contribution in [0.2, 0.25) is 0 Å². The van der Waals surface area contributed by atoms with E-state index in [0.29, 0.717) is 0 Å². The maximum Gasteiger partial charge on any atom is 0.508 e. The lowest BCUT2D eigenvalue weighted by atomic mass is 10.2. The Kier molecular flexibility index (Phi) is 5.45. The van der Waals surface area contributed by atoms with Crippen LogP contribution in [0.4, 0.5) is 35.5 Å². The van der Waals surface area contributed by atoms with Crippen molar-refractivity contribution in [3.05, 3.63) is 0 Å². The van der Waals surface area contributed by atoms with Gasteiger partial charge in [-0.25, -0.2) is 4.79 Å². The molecule has 0 aromatic carbocycles. The zero-order valence-corrected chi connectivity index (χ0v) is 9.86. The van der Waals surface area contributed by atoms with Crippen LogP contribution in [-0.2, 0) is 9.47 Å². The van der Waals surface area contributed by atoms with Crippen molar-refractivity contribution in [2.24, 2.45) is 0 Å². The Morgan fingerprint density at radius 2 is 1.58 bits per heavy atom. The average Bonchev–Trinajstić information content (AvgIpc) is 2.24. The second-order valence-electron chi connectivity index (χ2n) is 3.65. The summed E-state index contributed by atoms with van der Waals surface area (Å²) in [5.41, 5.74) is 0. The third kappa shape index (κ3) is 4.43. The smallest absolute Gasteiger partial charge is 0.431 e. The first-order valence-corrected chi connectivity index (χ1v) is 5.01. The molecule has 0 aliphatic rings. The van der Waals surface area contributed by atoms with Gasteiger partial charge in [0.25, 0.3) is 0 Å². The van der Waals surface area contributed by atoms with E-state index in [9.17, 15) is 35.5 Å². The van der Waals surface area contributed by atoms with Gasteiger partial charge in [-0.15, -0.1) is 0 Å². The molecule has 0 N–H and O–H groups in total. The first-order chi connectivity index (χ1) is 8.35. The van der Waals surface area contributed by atoms with Gasteiger partial charge in [0.05, 0.1) is 0 Å². The fraction of sp³-hybridized carbons (Fsp3) is 0.889. The van der Waals surface area contributed by atoms with E-state index in [1.807, 2.05) is 0 Å². The Balaban J connectivity index is 4.59. The minimum absolute atomic E-state index is 0.282. The summed E-state index contributed by atoms with van der Waals surface area (Å²) in [5, 5.41) is 0. The second kappa shape index (κ2) is 5.83. The van der Waals surface area contributed by atoms with E-state index in [1.165, 1.54) is 6.92 Å². The molecule has 0 fully saturated rings. The van der Waals surface area contributed by atoms with E-state index in [1.54, 1.807) is 6.92 Å². The number of carbonyl (C=O) groups is 1. The van der Waals surface area contributed by atoms with Crippen molar-refractivity contribution < 1.29 is 45.0 Å². The minimum atomic E-state index is -6.46. The van der Waals surface area contributed by atoms with Crippen LogP contribution >= 0.6 is 0 Å². The van der Waals surface area contributed by atoms with Gasteiger partial charge in [-0.2, -0.15) is 30.7 Å². The van der Waals surface area contributed by atoms with Crippen molar-refractivity contribution in [2.75, 3.05) is 6.61 Å². The lowest BCUT2D eigenvalue weighted by molar-refractivity contribution is -0.359. The van der Waals surface area contributed by atoms with Gasteiger partial charge in [-0.1, -0.05) is 6.92 Å². The highest BCUT2D eigenvalue weighted by molar-refractivity contribution is 5.60. The van der Waals surface area contributed by atoms with Crippen molar-refractivity contribution in [1.82, 2.24) is 0 Å². The lowest BCUT2D eigenvalue weighted by Gasteiger charge is -2.27. The van der Waals surface area contributed by atoms with E-state index in [2.05, 4.69) is 9.47 Å². The predicted octanol–water partition coefficient (Wildman–Crippen LogP) is 3.77. The summed E-state index contributed by atoms with van der Waals surface area (Å²) < 4.78 is 93.1.